The van der Waals surface area contributed by atoms with Gasteiger partial charge in [-0.3, -0.25) is 14.4 Å². The molecule has 0 unspecified atom stereocenters. The monoisotopic (exact) mass is 1480 g/mol. The molecule has 0 radical (unpaired) electrons. The number of ether oxygens (including phenoxy) is 8. The first kappa shape index (κ1) is 102. The second kappa shape index (κ2) is 47.6. The van der Waals surface area contributed by atoms with Crippen molar-refractivity contribution in [3.8, 4) is 0 Å². The zero-order chi connectivity index (χ0) is 76.6. The van der Waals surface area contributed by atoms with Crippen LogP contribution < -0.4 is 56.1 Å². The maximum atomic E-state index is 13.3. The third-order valence-corrected chi connectivity index (χ3v) is 13.9. The molecule has 0 bridgehead atoms. The van der Waals surface area contributed by atoms with E-state index in [9.17, 15) is 62.6 Å². The van der Waals surface area contributed by atoms with Gasteiger partial charge in [-0.25, -0.2) is 43.2 Å². The van der Waals surface area contributed by atoms with Gasteiger partial charge in [-0.1, -0.05) is 20.8 Å². The van der Waals surface area contributed by atoms with Crippen LogP contribution in [0.5, 0.6) is 0 Å². The van der Waals surface area contributed by atoms with Gasteiger partial charge in [0.05, 0.1) is 14.2 Å². The predicted molar refractivity (Wildman–Crippen MR) is 376 cm³/mol. The summed E-state index contributed by atoms with van der Waals surface area (Å²) in [6.07, 6.45) is 2.20. The van der Waals surface area contributed by atoms with Crippen molar-refractivity contribution in [2.45, 2.75) is 292 Å². The molecular formula is C68H125ClLiN9O23. The first-order valence-corrected chi connectivity index (χ1v) is 34.1. The molecule has 9 atom stereocenters. The Morgan fingerprint density at radius 2 is 0.706 bits per heavy atom. The van der Waals surface area contributed by atoms with E-state index in [0.29, 0.717) is 96.4 Å². The topological polar surface area (TPSA) is 440 Å². The molecule has 3 heterocycles. The number of hydrogen-bond donors (Lipinski definition) is 9. The van der Waals surface area contributed by atoms with Crippen LogP contribution in [0, 0.1) is 17.8 Å². The molecule has 3 saturated heterocycles. The second-order valence-electron chi connectivity index (χ2n) is 31.1. The SMILES string of the molecule is CC(C)(C)OC(=O)NCCCC[C@@H](NC(=O)OC(C)(C)C)C(=O)O.COC(=O)[C@@H]1C[C@H](C)CN1.COC(=O)[C@@H]1C[C@H](C)CN1C(=O)[C@@H](CCCCNC(=O)OC(C)(C)C)NC(=O)OC(C)(C)C.C[C@H]1C[C@@H](C(=O)O)N(C(=O)[C@@H](CCCCNC(=O)OC(C)(C)C)NC(=O)OC(C)(C)C)C1.Cl.[Li+].[OH-]. The van der Waals surface area contributed by atoms with Crippen LogP contribution >= 0.6 is 12.4 Å². The molecule has 3 aliphatic heterocycles. The smallest absolute Gasteiger partial charge is 0.870 e. The van der Waals surface area contributed by atoms with Crippen LogP contribution in [0.4, 0.5) is 28.8 Å². The molecule has 0 aromatic carbocycles. The minimum Gasteiger partial charge on any atom is -0.870 e. The van der Waals surface area contributed by atoms with Crippen LogP contribution in [-0.2, 0) is 66.7 Å². The Morgan fingerprint density at radius 3 is 0.980 bits per heavy atom. The predicted octanol–water partition coefficient (Wildman–Crippen LogP) is 5.95. The summed E-state index contributed by atoms with van der Waals surface area (Å²) in [5.41, 5.74) is -3.87. The molecule has 0 aliphatic carbocycles. The van der Waals surface area contributed by atoms with E-state index in [0.717, 1.165) is 13.0 Å². The number of unbranched alkanes of at least 4 members (excludes halogenated alkanes) is 3. The fraction of sp³-hybridized carbons (Fsp3) is 0.824. The van der Waals surface area contributed by atoms with E-state index in [4.69, 9.17) is 38.3 Å². The van der Waals surface area contributed by atoms with E-state index >= 15 is 0 Å². The zero-order valence-electron chi connectivity index (χ0n) is 65.2. The molecular weight excluding hydrogens is 1350 g/mol. The Kier molecular flexibility index (Phi) is 47.4. The molecule has 34 heteroatoms. The number of carbonyl (C=O) groups is 12. The summed E-state index contributed by atoms with van der Waals surface area (Å²) in [5.74, 6) is -2.77. The number of halogens is 1. The molecule has 3 rings (SSSR count). The number of carboxylic acid groups (broad SMARTS) is 2. The van der Waals surface area contributed by atoms with Crippen molar-refractivity contribution in [3.05, 3.63) is 0 Å². The van der Waals surface area contributed by atoms with E-state index in [-0.39, 0.29) is 79.3 Å². The molecule has 10 N–H and O–H groups in total. The Bertz CT molecular complexity index is 2620. The van der Waals surface area contributed by atoms with Crippen molar-refractivity contribution >= 4 is 84.7 Å². The van der Waals surface area contributed by atoms with E-state index < -0.39 is 124 Å². The van der Waals surface area contributed by atoms with Crippen molar-refractivity contribution in [2.75, 3.05) is 53.5 Å². The molecule has 32 nitrogen and oxygen atoms in total. The number of amides is 8. The maximum absolute atomic E-state index is 13.3. The Labute approximate surface area is 622 Å². The average molecular weight is 1480 g/mol. The summed E-state index contributed by atoms with van der Waals surface area (Å²) in [6.45, 7) is 40.2. The number of alkyl carbamates (subject to hydrolysis) is 6. The maximum Gasteiger partial charge on any atom is 1.00 e. The number of methoxy groups -OCH3 is 2. The van der Waals surface area contributed by atoms with Crippen molar-refractivity contribution in [1.82, 2.24) is 47.0 Å². The number of hydrogen-bond acceptors (Lipinski definition) is 22. The summed E-state index contributed by atoms with van der Waals surface area (Å²) in [4.78, 5) is 146. The van der Waals surface area contributed by atoms with Crippen LogP contribution in [0.2, 0.25) is 0 Å². The van der Waals surface area contributed by atoms with Gasteiger partial charge in [-0.05, 0) is 226 Å². The van der Waals surface area contributed by atoms with Crippen LogP contribution in [0.3, 0.4) is 0 Å². The molecule has 0 spiro atoms. The van der Waals surface area contributed by atoms with E-state index in [1.165, 1.54) is 24.0 Å². The van der Waals surface area contributed by atoms with Gasteiger partial charge in [0.1, 0.15) is 69.9 Å². The number of carbonyl (C=O) groups excluding carboxylic acids is 10. The van der Waals surface area contributed by atoms with Crippen LogP contribution in [0.25, 0.3) is 0 Å². The average Bonchev–Trinajstić information content (AvgIpc) is 1.67. The molecule has 0 saturated carbocycles. The van der Waals surface area contributed by atoms with Crippen molar-refractivity contribution in [2.24, 2.45) is 17.8 Å². The summed E-state index contributed by atoms with van der Waals surface area (Å²) in [7, 11) is 2.72. The number of nitrogens with one attached hydrogen (secondary N) is 7. The Balaban J connectivity index is -0.000000656. The second-order valence-corrected chi connectivity index (χ2v) is 31.1. The number of nitrogens with zero attached hydrogens (tertiary/aromatic N) is 2. The first-order valence-electron chi connectivity index (χ1n) is 34.1. The molecule has 3 fully saturated rings. The van der Waals surface area contributed by atoms with Gasteiger partial charge >= 0.3 is 79.3 Å². The van der Waals surface area contributed by atoms with Crippen LogP contribution in [-0.4, -0.2) is 221 Å². The van der Waals surface area contributed by atoms with Crippen molar-refractivity contribution in [3.63, 3.8) is 0 Å². The van der Waals surface area contributed by atoms with Crippen molar-refractivity contribution in [1.29, 1.82) is 0 Å². The quantitative estimate of drug-likeness (QED) is 0.0233. The first-order chi connectivity index (χ1) is 45.2. The van der Waals surface area contributed by atoms with Gasteiger partial charge in [-0.2, -0.15) is 0 Å². The molecule has 102 heavy (non-hydrogen) atoms. The van der Waals surface area contributed by atoms with E-state index in [1.54, 1.807) is 125 Å². The fourth-order valence-electron chi connectivity index (χ4n) is 9.86. The normalized spacial score (nSPS) is 18.7. The van der Waals surface area contributed by atoms with E-state index in [2.05, 4.69) is 48.9 Å². The minimum absolute atomic E-state index is 0. The van der Waals surface area contributed by atoms with Gasteiger partial charge in [0.2, 0.25) is 11.8 Å². The molecule has 0 aromatic rings. The number of rotatable bonds is 24. The third-order valence-electron chi connectivity index (χ3n) is 13.9. The molecule has 588 valence electrons. The largest absolute Gasteiger partial charge is 1.00 e. The van der Waals surface area contributed by atoms with Gasteiger partial charge in [-0.15, -0.1) is 12.4 Å². The molecule has 0 aromatic heterocycles. The third kappa shape index (κ3) is 48.2. The Morgan fingerprint density at radius 1 is 0.422 bits per heavy atom. The minimum atomic E-state index is -1.12. The van der Waals surface area contributed by atoms with Gasteiger partial charge in [0.25, 0.3) is 0 Å². The van der Waals surface area contributed by atoms with Crippen LogP contribution in [0.15, 0.2) is 0 Å². The summed E-state index contributed by atoms with van der Waals surface area (Å²) < 4.78 is 40.5. The number of carboxylic acids is 2. The van der Waals surface area contributed by atoms with Gasteiger partial charge in [0.15, 0.2) is 0 Å². The van der Waals surface area contributed by atoms with Gasteiger partial charge < -0.3 is 101 Å². The summed E-state index contributed by atoms with van der Waals surface area (Å²) >= 11 is 0. The zero-order valence-corrected chi connectivity index (χ0v) is 66.0. The van der Waals surface area contributed by atoms with E-state index in [1.807, 2.05) is 13.8 Å². The molecule has 3 aliphatic rings. The number of esters is 2. The Hall–Kier alpha value is -6.75. The summed E-state index contributed by atoms with van der Waals surface area (Å²) in [6, 6.07) is -4.44. The molecule has 8 amide bonds. The van der Waals surface area contributed by atoms with Crippen LogP contribution in [0.1, 0.15) is 222 Å². The number of likely N-dealkylation sites (tertiary alicyclic amines) is 2. The van der Waals surface area contributed by atoms with Gasteiger partial charge in [0, 0.05) is 32.7 Å². The fourth-order valence-corrected chi connectivity index (χ4v) is 9.86. The standard InChI is InChI=1S/C23H41N3O7.C22H39N3O7.C16H30N2O6.C7H13NO2.ClH.Li.H2O/c1-15-13-17(19(28)31-8)26(14-15)18(27)16(25-21(30)33-23(5,6)7)11-9-10-12-24-20(29)32-22(2,3)4;1-14-12-16(18(27)28)25(13-14)17(26)15(24-20(30)32-22(5,6)7)10-8-9-11-23-19(29)31-21(2,3)4;1-15(2,3)23-13(21)17-10-8-7-9-11(12(19)20)18-14(22)24-16(4,5)6;1-5-3-6(8-4-5)7(9)10-2;;;/h15-17H,9-14H2,1-8H3,(H,24,29)(H,25,30);14-16H,8-13H2,1-7H3,(H,23,29)(H,24,30)(H,27,28);11H,7-10H2,1-6H3,(H,17,21)(H,18,22)(H,19,20);5-6,8H,3-4H2,1-2H3;1H;;1H2/q;;;;;+1;/p-1/t15-,16+,17-;14-,15+,16-;11-;5-,6-;;;/m0010.../s1. The number of aliphatic carboxylic acids is 2. The van der Waals surface area contributed by atoms with Crippen molar-refractivity contribution < 1.29 is 130 Å². The summed E-state index contributed by atoms with van der Waals surface area (Å²) in [5, 5.41) is 37.2.